The quantitative estimate of drug-likeness (QED) is 0.0858. The number of hydrogen-bond donors (Lipinski definition) is 7. The van der Waals surface area contributed by atoms with Crippen molar-refractivity contribution in [3.05, 3.63) is 18.2 Å². The van der Waals surface area contributed by atoms with Gasteiger partial charge in [0, 0.05) is 63.1 Å². The molecule has 3 heterocycles. The number of piperidine rings is 2. The number of allylic oxidation sites excluding steroid dienone is 1. The van der Waals surface area contributed by atoms with Crippen LogP contribution in [0.4, 0.5) is 0 Å². The van der Waals surface area contributed by atoms with Gasteiger partial charge in [-0.25, -0.2) is 0 Å². The average Bonchev–Trinajstić information content (AvgIpc) is 3.72. The Balaban J connectivity index is 1.07. The maximum Gasteiger partial charge on any atom is 0.176 e. The lowest BCUT2D eigenvalue weighted by molar-refractivity contribution is -0.712. The van der Waals surface area contributed by atoms with Gasteiger partial charge in [-0.15, -0.1) is 4.99 Å². The van der Waals surface area contributed by atoms with Crippen LogP contribution in [0.3, 0.4) is 0 Å². The van der Waals surface area contributed by atoms with E-state index < -0.39 is 24.2 Å². The Morgan fingerprint density at radius 1 is 0.964 bits per heavy atom. The maximum absolute atomic E-state index is 13.8. The van der Waals surface area contributed by atoms with E-state index in [1.807, 2.05) is 12.8 Å². The predicted octanol–water partition coefficient (Wildman–Crippen LogP) is 1.81. The summed E-state index contributed by atoms with van der Waals surface area (Å²) in [4.78, 5) is 30.0. The van der Waals surface area contributed by atoms with Crippen molar-refractivity contribution >= 4 is 17.8 Å². The summed E-state index contributed by atoms with van der Waals surface area (Å²) in [6.45, 7) is 3.95. The molecule has 0 radical (unpaired) electrons. The molecule has 11 nitrogen and oxygen atoms in total. The highest BCUT2D eigenvalue weighted by Crippen LogP contribution is 2.42. The van der Waals surface area contributed by atoms with Gasteiger partial charge >= 0.3 is 0 Å². The summed E-state index contributed by atoms with van der Waals surface area (Å²) in [6.07, 6.45) is 15.3. The second-order valence-corrected chi connectivity index (χ2v) is 18.6. The molecule has 3 aliphatic carbocycles. The number of hydrogen-bond acceptors (Lipinski definition) is 9. The molecule has 10 N–H and O–H groups in total. The zero-order valence-corrected chi connectivity index (χ0v) is 33.9. The molecule has 2 saturated heterocycles. The fourth-order valence-corrected chi connectivity index (χ4v) is 11.7. The number of nitrogens with two attached hydrogens (primary N) is 3. The molecule has 312 valence electrons. The number of nitrogens with zero attached hydrogens (tertiary/aromatic N) is 1. The molecule has 11 heteroatoms. The highest BCUT2D eigenvalue weighted by Gasteiger charge is 2.43. The van der Waals surface area contributed by atoms with Gasteiger partial charge in [0.05, 0.1) is 56.0 Å². The summed E-state index contributed by atoms with van der Waals surface area (Å²) in [7, 11) is 1.64. The minimum Gasteiger partial charge on any atom is -0.396 e. The first kappa shape index (κ1) is 43.4. The Hall–Kier alpha value is -2.14. The molecule has 6 aliphatic rings. The third-order valence-corrected chi connectivity index (χ3v) is 15.0. The Bertz CT molecular complexity index is 1410. The summed E-state index contributed by atoms with van der Waals surface area (Å²) in [5.74, 6) is 8.88. The Kier molecular flexibility index (Phi) is 16.5. The molecule has 0 spiro atoms. The standard InChI is InChI=1S/C45H71N4O7/c1-56-44-21-32-9-14-42(54)38(41(53)4-2-3-29(16-18-50)35-20-33-7-12-37(52)23-40(33)48-26-35)13-8-30(39(32)24-43(44)55)5-10-36(51)11-6-31-22-45(46)49-27-34(31)19-28-15-17-47-25-28/h15,17,25,29-36,38-41,43-45,48-51,53,55H,2-7,9-12,14,16,18-24,26-27,46H2,1H3/q+1/p+2. The number of aliphatic imine (C=N–C) groups is 1. The number of Topliss-reactive ketones (excluding diaryl/α,β-unsaturated/α-hetero) is 2. The molecule has 4 fully saturated rings. The van der Waals surface area contributed by atoms with Crippen LogP contribution >= 0.6 is 0 Å². The van der Waals surface area contributed by atoms with Gasteiger partial charge in [-0.3, -0.25) is 15.3 Å². The van der Waals surface area contributed by atoms with Gasteiger partial charge in [0.15, 0.2) is 6.21 Å². The number of aliphatic hydroxyl groups excluding tert-OH is 4. The molecule has 15 atom stereocenters. The van der Waals surface area contributed by atoms with Crippen molar-refractivity contribution in [1.82, 2.24) is 0 Å². The molecule has 2 saturated carbocycles. The lowest BCUT2D eigenvalue weighted by Crippen LogP contribution is -2.96. The van der Waals surface area contributed by atoms with E-state index in [0.717, 1.165) is 64.5 Å². The number of aliphatic hydroxyl groups is 4. The number of ketones is 2. The SMILES string of the molecule is COC1CC2CCC(=O)C(C(O)CCCC(CCO)C3C[NH2+]C4CC(=O)CCC4C3)C#CC(CCC(O)CCC3CC(N)[NH2+]CC3CC3=C[CH+]N=C3)C2CC1O. The van der Waals surface area contributed by atoms with Crippen molar-refractivity contribution in [2.24, 2.45) is 64.0 Å². The first-order valence-electron chi connectivity index (χ1n) is 22.3. The second-order valence-electron chi connectivity index (χ2n) is 18.6. The van der Waals surface area contributed by atoms with E-state index in [1.165, 1.54) is 5.57 Å². The summed E-state index contributed by atoms with van der Waals surface area (Å²) in [6, 6.07) is 0.406. The van der Waals surface area contributed by atoms with Crippen LogP contribution in [0.25, 0.3) is 0 Å². The third kappa shape index (κ3) is 11.7. The molecule has 0 aromatic heterocycles. The fourth-order valence-electron chi connectivity index (χ4n) is 11.7. The van der Waals surface area contributed by atoms with E-state index in [-0.39, 0.29) is 42.4 Å². The molecular formula is C45H73N4O7+3. The van der Waals surface area contributed by atoms with Crippen LogP contribution in [0, 0.1) is 71.6 Å². The van der Waals surface area contributed by atoms with E-state index in [0.29, 0.717) is 106 Å². The molecule has 0 bridgehead atoms. The van der Waals surface area contributed by atoms with Gasteiger partial charge in [0.1, 0.15) is 35.8 Å². The van der Waals surface area contributed by atoms with Crippen molar-refractivity contribution < 1.29 is 45.4 Å². The maximum atomic E-state index is 13.8. The minimum absolute atomic E-state index is 0.00813. The normalized spacial score (nSPS) is 37.7. The second kappa shape index (κ2) is 21.2. The van der Waals surface area contributed by atoms with Crippen LogP contribution in [0.1, 0.15) is 116 Å². The van der Waals surface area contributed by atoms with Gasteiger partial charge in [0.25, 0.3) is 0 Å². The topological polar surface area (TPSA) is 196 Å². The highest BCUT2D eigenvalue weighted by atomic mass is 16.5. The number of carbonyl (C=O) groups excluding carboxylic acids is 2. The van der Waals surface area contributed by atoms with E-state index in [4.69, 9.17) is 10.5 Å². The van der Waals surface area contributed by atoms with Crippen molar-refractivity contribution in [2.45, 2.75) is 152 Å². The van der Waals surface area contributed by atoms with Crippen molar-refractivity contribution in [1.29, 1.82) is 0 Å². The van der Waals surface area contributed by atoms with Gasteiger partial charge < -0.3 is 35.8 Å². The average molecular weight is 782 g/mol. The smallest absolute Gasteiger partial charge is 0.176 e. The lowest BCUT2D eigenvalue weighted by atomic mass is 9.67. The van der Waals surface area contributed by atoms with Crippen LogP contribution in [0.15, 0.2) is 16.6 Å². The lowest BCUT2D eigenvalue weighted by Gasteiger charge is -2.41. The number of fused-ring (bicyclic) bond motifs is 2. The van der Waals surface area contributed by atoms with Crippen LogP contribution in [0.5, 0.6) is 0 Å². The third-order valence-electron chi connectivity index (χ3n) is 15.0. The Labute approximate surface area is 335 Å². The number of rotatable bonds is 17. The summed E-state index contributed by atoms with van der Waals surface area (Å²) < 4.78 is 5.67. The van der Waals surface area contributed by atoms with Crippen LogP contribution in [0.2, 0.25) is 0 Å². The molecular weight excluding hydrogens is 709 g/mol. The van der Waals surface area contributed by atoms with E-state index in [1.54, 1.807) is 7.11 Å². The van der Waals surface area contributed by atoms with E-state index in [2.05, 4.69) is 33.5 Å². The van der Waals surface area contributed by atoms with Crippen molar-refractivity contribution in [3.8, 4) is 11.8 Å². The summed E-state index contributed by atoms with van der Waals surface area (Å²) >= 11 is 0. The Morgan fingerprint density at radius 2 is 1.79 bits per heavy atom. The van der Waals surface area contributed by atoms with Crippen LogP contribution < -0.4 is 16.4 Å². The number of ether oxygens (including phenoxy) is 1. The van der Waals surface area contributed by atoms with E-state index in [9.17, 15) is 30.0 Å². The molecule has 15 unspecified atom stereocenters. The molecule has 0 amide bonds. The predicted molar refractivity (Wildman–Crippen MR) is 214 cm³/mol. The van der Waals surface area contributed by atoms with Crippen LogP contribution in [-0.4, -0.2) is 102 Å². The molecule has 0 aromatic carbocycles. The van der Waals surface area contributed by atoms with E-state index >= 15 is 0 Å². The minimum atomic E-state index is -0.865. The fraction of sp³-hybridized carbons (Fsp3) is 0.822. The first-order valence-corrected chi connectivity index (χ1v) is 22.3. The zero-order chi connectivity index (χ0) is 39.6. The summed E-state index contributed by atoms with van der Waals surface area (Å²) in [5, 5.41) is 48.5. The van der Waals surface area contributed by atoms with Crippen molar-refractivity contribution in [2.75, 3.05) is 26.8 Å². The summed E-state index contributed by atoms with van der Waals surface area (Å²) in [5.41, 5.74) is 7.63. The molecule has 56 heavy (non-hydrogen) atoms. The monoisotopic (exact) mass is 782 g/mol. The van der Waals surface area contributed by atoms with Gasteiger partial charge in [-0.05, 0) is 101 Å². The highest BCUT2D eigenvalue weighted by molar-refractivity contribution is 5.84. The zero-order valence-electron chi connectivity index (χ0n) is 33.9. The molecule has 0 aromatic rings. The van der Waals surface area contributed by atoms with Crippen LogP contribution in [-0.2, 0) is 14.3 Å². The van der Waals surface area contributed by atoms with Gasteiger partial charge in [-0.2, -0.15) is 0 Å². The molecule has 3 aliphatic heterocycles. The largest absolute Gasteiger partial charge is 0.396 e. The molecule has 6 rings (SSSR count). The van der Waals surface area contributed by atoms with Gasteiger partial charge in [0.2, 0.25) is 0 Å². The van der Waals surface area contributed by atoms with Crippen molar-refractivity contribution in [3.63, 3.8) is 0 Å². The number of methoxy groups -OCH3 is 1. The number of quaternary nitrogens is 2. The van der Waals surface area contributed by atoms with Gasteiger partial charge in [-0.1, -0.05) is 18.3 Å². The number of carbonyl (C=O) groups is 2. The Morgan fingerprint density at radius 3 is 2.57 bits per heavy atom. The first-order chi connectivity index (χ1) is 27.1.